The standard InChI is InChI=1S/C10H9FN2/c1-6-9(11)10(12)7-4-2-3-5-8(7)13-6/h2-5H,1H3,(H2,12,13). The summed E-state index contributed by atoms with van der Waals surface area (Å²) in [6.45, 7) is 1.61. The van der Waals surface area contributed by atoms with Gasteiger partial charge in [0.25, 0.3) is 0 Å². The Kier molecular flexibility index (Phi) is 1.65. The first-order valence-electron chi connectivity index (χ1n) is 4.00. The van der Waals surface area contributed by atoms with E-state index in [-0.39, 0.29) is 5.69 Å². The van der Waals surface area contributed by atoms with Crippen molar-refractivity contribution < 1.29 is 4.39 Å². The number of nitrogens with two attached hydrogens (primary N) is 1. The topological polar surface area (TPSA) is 38.9 Å². The van der Waals surface area contributed by atoms with Gasteiger partial charge in [0, 0.05) is 5.39 Å². The predicted molar refractivity (Wildman–Crippen MR) is 50.9 cm³/mol. The van der Waals surface area contributed by atoms with Gasteiger partial charge in [0.05, 0.1) is 16.9 Å². The van der Waals surface area contributed by atoms with Crippen molar-refractivity contribution >= 4 is 16.6 Å². The molecule has 0 radical (unpaired) electrons. The van der Waals surface area contributed by atoms with Crippen molar-refractivity contribution in [2.24, 2.45) is 0 Å². The van der Waals surface area contributed by atoms with Gasteiger partial charge in [-0.3, -0.25) is 0 Å². The molecular formula is C10H9FN2. The van der Waals surface area contributed by atoms with Crippen LogP contribution in [0.3, 0.4) is 0 Å². The van der Waals surface area contributed by atoms with Crippen LogP contribution in [0, 0.1) is 12.7 Å². The average Bonchev–Trinajstić information content (AvgIpc) is 2.15. The third-order valence-corrected chi connectivity index (χ3v) is 2.04. The maximum atomic E-state index is 13.3. The van der Waals surface area contributed by atoms with Crippen LogP contribution in [0.5, 0.6) is 0 Å². The summed E-state index contributed by atoms with van der Waals surface area (Å²) < 4.78 is 13.3. The molecule has 0 saturated heterocycles. The second-order valence-electron chi connectivity index (χ2n) is 2.94. The van der Waals surface area contributed by atoms with Gasteiger partial charge < -0.3 is 5.73 Å². The Morgan fingerprint density at radius 3 is 2.77 bits per heavy atom. The summed E-state index contributed by atoms with van der Waals surface area (Å²) in [5.74, 6) is -0.418. The molecule has 0 fully saturated rings. The lowest BCUT2D eigenvalue weighted by molar-refractivity contribution is 0.617. The van der Waals surface area contributed by atoms with E-state index >= 15 is 0 Å². The fourth-order valence-electron chi connectivity index (χ4n) is 1.34. The molecule has 0 atom stereocenters. The number of aryl methyl sites for hydroxylation is 1. The second-order valence-corrected chi connectivity index (χ2v) is 2.94. The van der Waals surface area contributed by atoms with Crippen LogP contribution in [0.15, 0.2) is 24.3 Å². The van der Waals surface area contributed by atoms with Crippen molar-refractivity contribution in [2.75, 3.05) is 5.73 Å². The minimum Gasteiger partial charge on any atom is -0.396 e. The lowest BCUT2D eigenvalue weighted by Gasteiger charge is -2.04. The highest BCUT2D eigenvalue weighted by Crippen LogP contribution is 2.23. The number of fused-ring (bicyclic) bond motifs is 1. The van der Waals surface area contributed by atoms with Crippen LogP contribution in [0.25, 0.3) is 10.9 Å². The fraction of sp³-hybridized carbons (Fsp3) is 0.100. The maximum Gasteiger partial charge on any atom is 0.167 e. The first kappa shape index (κ1) is 7.98. The minimum absolute atomic E-state index is 0.183. The summed E-state index contributed by atoms with van der Waals surface area (Å²) in [5, 5.41) is 0.672. The Labute approximate surface area is 75.2 Å². The Hall–Kier alpha value is -1.64. The molecule has 0 unspecified atom stereocenters. The normalized spacial score (nSPS) is 10.6. The molecule has 0 aliphatic heterocycles. The first-order chi connectivity index (χ1) is 6.20. The van der Waals surface area contributed by atoms with Crippen LogP contribution in [0.2, 0.25) is 0 Å². The highest BCUT2D eigenvalue weighted by atomic mass is 19.1. The smallest absolute Gasteiger partial charge is 0.167 e. The molecule has 0 bridgehead atoms. The fourth-order valence-corrected chi connectivity index (χ4v) is 1.34. The van der Waals surface area contributed by atoms with Crippen LogP contribution < -0.4 is 5.73 Å². The van der Waals surface area contributed by atoms with E-state index in [2.05, 4.69) is 4.98 Å². The van der Waals surface area contributed by atoms with Crippen molar-refractivity contribution in [1.82, 2.24) is 4.98 Å². The Morgan fingerprint density at radius 1 is 1.31 bits per heavy atom. The van der Waals surface area contributed by atoms with Gasteiger partial charge in [-0.05, 0) is 13.0 Å². The summed E-state index contributed by atoms with van der Waals surface area (Å²) in [4.78, 5) is 4.08. The second kappa shape index (κ2) is 2.69. The summed E-state index contributed by atoms with van der Waals surface area (Å²) in [5.41, 5.74) is 6.87. The van der Waals surface area contributed by atoms with Crippen LogP contribution in [0.1, 0.15) is 5.69 Å². The number of hydrogen-bond donors (Lipinski definition) is 1. The number of nitrogen functional groups attached to an aromatic ring is 1. The van der Waals surface area contributed by atoms with E-state index in [0.29, 0.717) is 11.1 Å². The largest absolute Gasteiger partial charge is 0.396 e. The van der Waals surface area contributed by atoms with Crippen molar-refractivity contribution in [3.63, 3.8) is 0 Å². The van der Waals surface area contributed by atoms with E-state index in [1.807, 2.05) is 18.2 Å². The van der Waals surface area contributed by atoms with Gasteiger partial charge in [-0.15, -0.1) is 0 Å². The number of benzene rings is 1. The third-order valence-electron chi connectivity index (χ3n) is 2.04. The minimum atomic E-state index is -0.418. The van der Waals surface area contributed by atoms with Crippen molar-refractivity contribution in [3.05, 3.63) is 35.8 Å². The van der Waals surface area contributed by atoms with Crippen LogP contribution in [0.4, 0.5) is 10.1 Å². The number of pyridine rings is 1. The number of rotatable bonds is 0. The molecule has 13 heavy (non-hydrogen) atoms. The number of para-hydroxylation sites is 1. The lowest BCUT2D eigenvalue weighted by Crippen LogP contribution is -1.97. The van der Waals surface area contributed by atoms with Gasteiger partial charge in [-0.2, -0.15) is 0 Å². The van der Waals surface area contributed by atoms with E-state index in [0.717, 1.165) is 5.52 Å². The van der Waals surface area contributed by atoms with Gasteiger partial charge in [0.15, 0.2) is 5.82 Å². The summed E-state index contributed by atoms with van der Waals surface area (Å²) in [6.07, 6.45) is 0. The molecule has 1 heterocycles. The molecule has 1 aromatic heterocycles. The number of halogens is 1. The molecule has 1 aromatic carbocycles. The molecular weight excluding hydrogens is 167 g/mol. The summed E-state index contributed by atoms with van der Waals surface area (Å²) in [6, 6.07) is 7.25. The monoisotopic (exact) mass is 176 g/mol. The Bertz CT molecular complexity index is 466. The van der Waals surface area contributed by atoms with Gasteiger partial charge in [-0.1, -0.05) is 18.2 Å². The van der Waals surface area contributed by atoms with Crippen LogP contribution in [-0.4, -0.2) is 4.98 Å². The summed E-state index contributed by atoms with van der Waals surface area (Å²) in [7, 11) is 0. The predicted octanol–water partition coefficient (Wildman–Crippen LogP) is 2.26. The molecule has 2 aromatic rings. The third kappa shape index (κ3) is 1.13. The molecule has 3 heteroatoms. The molecule has 0 aliphatic carbocycles. The molecule has 66 valence electrons. The maximum absolute atomic E-state index is 13.3. The lowest BCUT2D eigenvalue weighted by atomic mass is 10.1. The Balaban J connectivity index is 2.94. The van der Waals surface area contributed by atoms with Gasteiger partial charge in [0.1, 0.15) is 0 Å². The number of hydrogen-bond acceptors (Lipinski definition) is 2. The SMILES string of the molecule is Cc1nc2ccccc2c(N)c1F. The number of nitrogens with zero attached hydrogens (tertiary/aromatic N) is 1. The van der Waals surface area contributed by atoms with Crippen molar-refractivity contribution in [1.29, 1.82) is 0 Å². The van der Waals surface area contributed by atoms with Gasteiger partial charge >= 0.3 is 0 Å². The van der Waals surface area contributed by atoms with E-state index < -0.39 is 5.82 Å². The number of aromatic nitrogens is 1. The highest BCUT2D eigenvalue weighted by molar-refractivity contribution is 5.90. The molecule has 2 N–H and O–H groups in total. The highest BCUT2D eigenvalue weighted by Gasteiger charge is 2.07. The van der Waals surface area contributed by atoms with Crippen LogP contribution >= 0.6 is 0 Å². The average molecular weight is 176 g/mol. The van der Waals surface area contributed by atoms with Crippen molar-refractivity contribution in [2.45, 2.75) is 6.92 Å². The quantitative estimate of drug-likeness (QED) is 0.668. The number of anilines is 1. The molecule has 0 spiro atoms. The molecule has 2 rings (SSSR count). The molecule has 0 aliphatic rings. The zero-order valence-electron chi connectivity index (χ0n) is 7.21. The van der Waals surface area contributed by atoms with E-state index in [4.69, 9.17) is 5.73 Å². The van der Waals surface area contributed by atoms with E-state index in [9.17, 15) is 4.39 Å². The van der Waals surface area contributed by atoms with Gasteiger partial charge in [-0.25, -0.2) is 9.37 Å². The Morgan fingerprint density at radius 2 is 2.00 bits per heavy atom. The van der Waals surface area contributed by atoms with Crippen LogP contribution in [-0.2, 0) is 0 Å². The van der Waals surface area contributed by atoms with E-state index in [1.165, 1.54) is 0 Å². The van der Waals surface area contributed by atoms with Gasteiger partial charge in [0.2, 0.25) is 0 Å². The van der Waals surface area contributed by atoms with Crippen molar-refractivity contribution in [3.8, 4) is 0 Å². The molecule has 0 amide bonds. The first-order valence-corrected chi connectivity index (χ1v) is 4.00. The zero-order valence-corrected chi connectivity index (χ0v) is 7.21. The summed E-state index contributed by atoms with van der Waals surface area (Å²) >= 11 is 0. The molecule has 0 saturated carbocycles. The molecule has 2 nitrogen and oxygen atoms in total. The van der Waals surface area contributed by atoms with E-state index in [1.54, 1.807) is 13.0 Å². The zero-order chi connectivity index (χ0) is 9.42.